The van der Waals surface area contributed by atoms with Crippen LogP contribution in [0.4, 0.5) is 0 Å². The summed E-state index contributed by atoms with van der Waals surface area (Å²) < 4.78 is 0. The van der Waals surface area contributed by atoms with Crippen LogP contribution in [-0.2, 0) is 24.3 Å². The minimum atomic E-state index is -0.935. The van der Waals surface area contributed by atoms with Crippen molar-refractivity contribution in [3.05, 3.63) is 12.2 Å². The first kappa shape index (κ1) is 15.7. The molecule has 0 aliphatic heterocycles. The summed E-state index contributed by atoms with van der Waals surface area (Å²) in [6.45, 7) is 4.60. The molecule has 4 heteroatoms. The first-order valence-corrected chi connectivity index (χ1v) is 1.53. The van der Waals surface area contributed by atoms with E-state index in [2.05, 4.69) is 6.58 Å². The molecule has 0 saturated carbocycles. The fourth-order valence-electron chi connectivity index (χ4n) is 0. The molecule has 0 radical (unpaired) electrons. The van der Waals surface area contributed by atoms with Crippen molar-refractivity contribution in [2.45, 2.75) is 6.92 Å². The molecule has 0 aliphatic rings. The van der Waals surface area contributed by atoms with E-state index in [-0.39, 0.29) is 30.5 Å². The molecular formula is C4H8O3Zn. The van der Waals surface area contributed by atoms with E-state index in [4.69, 9.17) is 5.11 Å². The van der Waals surface area contributed by atoms with Gasteiger partial charge in [0, 0.05) is 25.1 Å². The van der Waals surface area contributed by atoms with E-state index >= 15 is 0 Å². The van der Waals surface area contributed by atoms with Crippen LogP contribution < -0.4 is 0 Å². The average molecular weight is 169 g/mol. The van der Waals surface area contributed by atoms with Crippen molar-refractivity contribution in [2.24, 2.45) is 0 Å². The third kappa shape index (κ3) is 9.25. The van der Waals surface area contributed by atoms with Crippen LogP contribution in [0.2, 0.25) is 0 Å². The Balaban J connectivity index is -0.000000125. The van der Waals surface area contributed by atoms with Crippen molar-refractivity contribution in [2.75, 3.05) is 0 Å². The van der Waals surface area contributed by atoms with Crippen LogP contribution in [0.1, 0.15) is 6.92 Å². The Kier molecular flexibility index (Phi) is 13.3. The smallest absolute Gasteiger partial charge is 0.330 e. The fraction of sp³-hybridized carbons (Fsp3) is 0.250. The van der Waals surface area contributed by atoms with Gasteiger partial charge in [-0.3, -0.25) is 0 Å². The standard InChI is InChI=1S/C4H6O2.H2O.Zn/c1-3(2)4(5)6;;/h1H2,2H3,(H,5,6);1H2;. The Morgan fingerprint density at radius 3 is 1.75 bits per heavy atom. The maximum Gasteiger partial charge on any atom is 0.330 e. The van der Waals surface area contributed by atoms with Crippen LogP contribution in [0.3, 0.4) is 0 Å². The summed E-state index contributed by atoms with van der Waals surface area (Å²) in [6, 6.07) is 0. The molecule has 8 heavy (non-hydrogen) atoms. The van der Waals surface area contributed by atoms with Crippen LogP contribution in [0, 0.1) is 0 Å². The zero-order valence-corrected chi connectivity index (χ0v) is 7.74. The minimum absolute atomic E-state index is 0. The molecule has 0 amide bonds. The number of aliphatic carboxylic acids is 1. The molecule has 0 heterocycles. The Bertz CT molecular complexity index is 77.3. The normalized spacial score (nSPS) is 5.62. The van der Waals surface area contributed by atoms with Gasteiger partial charge in [0.25, 0.3) is 0 Å². The second kappa shape index (κ2) is 6.79. The van der Waals surface area contributed by atoms with Gasteiger partial charge in [-0.15, -0.1) is 0 Å². The molecule has 0 bridgehead atoms. The van der Waals surface area contributed by atoms with E-state index in [0.717, 1.165) is 0 Å². The van der Waals surface area contributed by atoms with Crippen LogP contribution >= 0.6 is 0 Å². The van der Waals surface area contributed by atoms with Gasteiger partial charge in [0.2, 0.25) is 0 Å². The predicted molar refractivity (Wildman–Crippen MR) is 26.1 cm³/mol. The Morgan fingerprint density at radius 1 is 1.62 bits per heavy atom. The van der Waals surface area contributed by atoms with Crippen LogP contribution in [-0.4, -0.2) is 16.6 Å². The van der Waals surface area contributed by atoms with E-state index in [9.17, 15) is 4.79 Å². The maximum absolute atomic E-state index is 9.60. The number of carboxylic acid groups (broad SMARTS) is 1. The summed E-state index contributed by atoms with van der Waals surface area (Å²) in [5, 5.41) is 7.89. The molecule has 0 atom stereocenters. The molecular weight excluding hydrogens is 161 g/mol. The monoisotopic (exact) mass is 168 g/mol. The SMILES string of the molecule is C=C(C)C(=O)O.O.[Zn]. The van der Waals surface area contributed by atoms with Gasteiger partial charge in [-0.05, 0) is 6.92 Å². The van der Waals surface area contributed by atoms with Crippen molar-refractivity contribution in [1.29, 1.82) is 0 Å². The largest absolute Gasteiger partial charge is 0.478 e. The van der Waals surface area contributed by atoms with Gasteiger partial charge >= 0.3 is 5.97 Å². The van der Waals surface area contributed by atoms with E-state index in [1.165, 1.54) is 6.92 Å². The van der Waals surface area contributed by atoms with E-state index in [0.29, 0.717) is 0 Å². The van der Waals surface area contributed by atoms with Gasteiger partial charge < -0.3 is 10.6 Å². The molecule has 0 aromatic carbocycles. The van der Waals surface area contributed by atoms with Gasteiger partial charge in [-0.25, -0.2) is 4.79 Å². The summed E-state index contributed by atoms with van der Waals surface area (Å²) in [7, 11) is 0. The Morgan fingerprint density at radius 2 is 1.75 bits per heavy atom. The number of carbonyl (C=O) groups is 1. The maximum atomic E-state index is 9.60. The summed E-state index contributed by atoms with van der Waals surface area (Å²) in [4.78, 5) is 9.60. The van der Waals surface area contributed by atoms with Crippen molar-refractivity contribution < 1.29 is 34.9 Å². The number of carboxylic acids is 1. The van der Waals surface area contributed by atoms with Crippen LogP contribution in [0.15, 0.2) is 12.2 Å². The number of hydrogen-bond donors (Lipinski definition) is 1. The van der Waals surface area contributed by atoms with Crippen LogP contribution in [0.25, 0.3) is 0 Å². The van der Waals surface area contributed by atoms with Crippen molar-refractivity contribution in [3.8, 4) is 0 Å². The molecule has 44 valence electrons. The second-order valence-corrected chi connectivity index (χ2v) is 1.09. The third-order valence-corrected chi connectivity index (χ3v) is 0.365. The van der Waals surface area contributed by atoms with Crippen LogP contribution in [0.5, 0.6) is 0 Å². The van der Waals surface area contributed by atoms with Crippen molar-refractivity contribution in [3.63, 3.8) is 0 Å². The third-order valence-electron chi connectivity index (χ3n) is 0.365. The average Bonchev–Trinajstić information content (AvgIpc) is 1.36. The van der Waals surface area contributed by atoms with Gasteiger partial charge in [0.15, 0.2) is 0 Å². The molecule has 0 aromatic heterocycles. The zero-order valence-electron chi connectivity index (χ0n) is 4.77. The molecule has 0 fully saturated rings. The molecule has 0 aliphatic carbocycles. The summed E-state index contributed by atoms with van der Waals surface area (Å²) >= 11 is 0. The van der Waals surface area contributed by atoms with Crippen molar-refractivity contribution >= 4 is 5.97 Å². The molecule has 3 N–H and O–H groups in total. The predicted octanol–water partition coefficient (Wildman–Crippen LogP) is -0.180. The first-order chi connectivity index (χ1) is 2.64. The molecule has 0 saturated heterocycles. The zero-order chi connectivity index (χ0) is 5.15. The Labute approximate surface area is 60.5 Å². The van der Waals surface area contributed by atoms with Gasteiger partial charge in [0.05, 0.1) is 0 Å². The number of hydrogen-bond acceptors (Lipinski definition) is 1. The van der Waals surface area contributed by atoms with Gasteiger partial charge in [0.1, 0.15) is 0 Å². The van der Waals surface area contributed by atoms with E-state index < -0.39 is 5.97 Å². The summed E-state index contributed by atoms with van der Waals surface area (Å²) in [6.07, 6.45) is 0. The summed E-state index contributed by atoms with van der Waals surface area (Å²) in [5.74, 6) is -0.935. The minimum Gasteiger partial charge on any atom is -0.478 e. The fourth-order valence-corrected chi connectivity index (χ4v) is 0. The number of rotatable bonds is 1. The molecule has 0 rings (SSSR count). The van der Waals surface area contributed by atoms with Crippen molar-refractivity contribution in [1.82, 2.24) is 0 Å². The quantitative estimate of drug-likeness (QED) is 0.437. The van der Waals surface area contributed by atoms with E-state index in [1.54, 1.807) is 0 Å². The Hall–Kier alpha value is -0.207. The molecule has 0 unspecified atom stereocenters. The molecule has 3 nitrogen and oxygen atoms in total. The van der Waals surface area contributed by atoms with Gasteiger partial charge in [-0.2, -0.15) is 0 Å². The summed E-state index contributed by atoms with van der Waals surface area (Å²) in [5.41, 5.74) is 0.176. The molecule has 0 spiro atoms. The van der Waals surface area contributed by atoms with Gasteiger partial charge in [-0.1, -0.05) is 6.58 Å². The van der Waals surface area contributed by atoms with E-state index in [1.807, 2.05) is 0 Å². The second-order valence-electron chi connectivity index (χ2n) is 1.09. The topological polar surface area (TPSA) is 68.8 Å². The molecule has 0 aromatic rings. The first-order valence-electron chi connectivity index (χ1n) is 1.53.